The van der Waals surface area contributed by atoms with Gasteiger partial charge in [0.05, 0.1) is 5.69 Å². The highest BCUT2D eigenvalue weighted by Gasteiger charge is 2.35. The van der Waals surface area contributed by atoms with Gasteiger partial charge in [-0.05, 0) is 68.7 Å². The molecule has 0 aliphatic carbocycles. The molecular formula is C21H23N3O2S. The minimum Gasteiger partial charge on any atom is -0.349 e. The molecule has 27 heavy (non-hydrogen) atoms. The first kappa shape index (κ1) is 19.0. The van der Waals surface area contributed by atoms with E-state index in [1.807, 2.05) is 51.1 Å². The molecule has 0 radical (unpaired) electrons. The molecule has 0 bridgehead atoms. The standard InChI is InChI=1S/C21H23N3O2S/c1-5-15-9-7-8-10-18(15)24-20(26)17(19(25)22-21(24)27)12-16-11-13(3)23(6-2)14(16)4/h7-12H,5-6H2,1-4H3,(H,22,25,27)/b17-12+. The summed E-state index contributed by atoms with van der Waals surface area (Å²) in [5, 5.41) is 2.77. The molecule has 3 rings (SSSR count). The second-order valence-electron chi connectivity index (χ2n) is 6.51. The second kappa shape index (κ2) is 7.48. The van der Waals surface area contributed by atoms with Crippen molar-refractivity contribution >= 4 is 40.9 Å². The van der Waals surface area contributed by atoms with Crippen LogP contribution < -0.4 is 10.2 Å². The number of rotatable bonds is 4. The van der Waals surface area contributed by atoms with Gasteiger partial charge in [0.2, 0.25) is 0 Å². The number of aryl methyl sites for hydroxylation is 2. The Morgan fingerprint density at radius 3 is 2.48 bits per heavy atom. The van der Waals surface area contributed by atoms with Crippen LogP contribution in [0.15, 0.2) is 35.9 Å². The molecule has 6 heteroatoms. The third-order valence-corrected chi connectivity index (χ3v) is 5.23. The van der Waals surface area contributed by atoms with Gasteiger partial charge in [-0.1, -0.05) is 25.1 Å². The van der Waals surface area contributed by atoms with Gasteiger partial charge in [0.1, 0.15) is 5.57 Å². The minimum absolute atomic E-state index is 0.0888. The first-order valence-electron chi connectivity index (χ1n) is 9.05. The summed E-state index contributed by atoms with van der Waals surface area (Å²) in [6.07, 6.45) is 2.42. The molecule has 1 saturated heterocycles. The van der Waals surface area contributed by atoms with E-state index in [0.29, 0.717) is 5.69 Å². The van der Waals surface area contributed by atoms with Crippen molar-refractivity contribution in [2.75, 3.05) is 4.90 Å². The summed E-state index contributed by atoms with van der Waals surface area (Å²) < 4.78 is 2.15. The van der Waals surface area contributed by atoms with E-state index in [9.17, 15) is 9.59 Å². The summed E-state index contributed by atoms with van der Waals surface area (Å²) in [7, 11) is 0. The van der Waals surface area contributed by atoms with E-state index in [0.717, 1.165) is 35.5 Å². The van der Waals surface area contributed by atoms with Crippen molar-refractivity contribution in [2.45, 2.75) is 40.7 Å². The second-order valence-corrected chi connectivity index (χ2v) is 6.90. The minimum atomic E-state index is -0.462. The Morgan fingerprint density at radius 2 is 1.85 bits per heavy atom. The fourth-order valence-electron chi connectivity index (χ4n) is 3.52. The maximum absolute atomic E-state index is 13.2. The number of carbonyl (C=O) groups excluding carboxylic acids is 2. The third-order valence-electron chi connectivity index (χ3n) is 4.94. The first-order valence-corrected chi connectivity index (χ1v) is 9.45. The van der Waals surface area contributed by atoms with Gasteiger partial charge >= 0.3 is 0 Å². The molecule has 1 aliphatic rings. The lowest BCUT2D eigenvalue weighted by atomic mass is 10.0. The van der Waals surface area contributed by atoms with Crippen LogP contribution in [0.2, 0.25) is 0 Å². The summed E-state index contributed by atoms with van der Waals surface area (Å²) in [6, 6.07) is 9.58. The van der Waals surface area contributed by atoms with Crippen LogP contribution in [0.5, 0.6) is 0 Å². The lowest BCUT2D eigenvalue weighted by Crippen LogP contribution is -2.54. The van der Waals surface area contributed by atoms with E-state index in [-0.39, 0.29) is 10.7 Å². The predicted octanol–water partition coefficient (Wildman–Crippen LogP) is 3.52. The lowest BCUT2D eigenvalue weighted by Gasteiger charge is -2.30. The molecule has 1 aromatic heterocycles. The smallest absolute Gasteiger partial charge is 0.270 e. The molecule has 1 aromatic carbocycles. The number of aromatic nitrogens is 1. The van der Waals surface area contributed by atoms with Gasteiger partial charge in [0.25, 0.3) is 11.8 Å². The number of hydrogen-bond acceptors (Lipinski definition) is 3. The number of benzene rings is 1. The van der Waals surface area contributed by atoms with E-state index in [4.69, 9.17) is 12.2 Å². The zero-order chi connectivity index (χ0) is 19.7. The van der Waals surface area contributed by atoms with Crippen molar-refractivity contribution < 1.29 is 9.59 Å². The van der Waals surface area contributed by atoms with Crippen molar-refractivity contribution in [1.29, 1.82) is 0 Å². The van der Waals surface area contributed by atoms with Crippen molar-refractivity contribution in [1.82, 2.24) is 9.88 Å². The van der Waals surface area contributed by atoms with Crippen LogP contribution in [-0.4, -0.2) is 21.5 Å². The number of nitrogens with zero attached hydrogens (tertiary/aromatic N) is 2. The van der Waals surface area contributed by atoms with Gasteiger partial charge in [-0.25, -0.2) is 0 Å². The Morgan fingerprint density at radius 1 is 1.15 bits per heavy atom. The molecule has 5 nitrogen and oxygen atoms in total. The molecule has 2 heterocycles. The maximum Gasteiger partial charge on any atom is 0.270 e. The van der Waals surface area contributed by atoms with E-state index in [1.165, 1.54) is 4.90 Å². The topological polar surface area (TPSA) is 54.3 Å². The third kappa shape index (κ3) is 3.32. The molecule has 0 saturated carbocycles. The van der Waals surface area contributed by atoms with Gasteiger partial charge in [-0.15, -0.1) is 0 Å². The van der Waals surface area contributed by atoms with Crippen LogP contribution in [-0.2, 0) is 22.6 Å². The summed E-state index contributed by atoms with van der Waals surface area (Å²) in [5.74, 6) is -0.859. The number of anilines is 1. The fourth-order valence-corrected chi connectivity index (χ4v) is 3.79. The van der Waals surface area contributed by atoms with E-state index < -0.39 is 11.8 Å². The Hall–Kier alpha value is -2.73. The molecule has 1 N–H and O–H groups in total. The summed E-state index contributed by atoms with van der Waals surface area (Å²) in [6.45, 7) is 8.92. The molecule has 2 amide bonds. The van der Waals surface area contributed by atoms with Gasteiger partial charge in [0, 0.05) is 17.9 Å². The van der Waals surface area contributed by atoms with Crippen LogP contribution in [0.25, 0.3) is 6.08 Å². The Bertz CT molecular complexity index is 972. The van der Waals surface area contributed by atoms with Crippen molar-refractivity contribution in [2.24, 2.45) is 0 Å². The van der Waals surface area contributed by atoms with E-state index >= 15 is 0 Å². The number of amides is 2. The van der Waals surface area contributed by atoms with Gasteiger partial charge in [0.15, 0.2) is 5.11 Å². The highest BCUT2D eigenvalue weighted by atomic mass is 32.1. The predicted molar refractivity (Wildman–Crippen MR) is 112 cm³/mol. The number of hydrogen-bond donors (Lipinski definition) is 1. The summed E-state index contributed by atoms with van der Waals surface area (Å²) in [4.78, 5) is 27.1. The Labute approximate surface area is 164 Å². The van der Waals surface area contributed by atoms with E-state index in [1.54, 1.807) is 6.08 Å². The largest absolute Gasteiger partial charge is 0.349 e. The number of carbonyl (C=O) groups is 2. The van der Waals surface area contributed by atoms with Crippen molar-refractivity contribution in [3.63, 3.8) is 0 Å². The first-order chi connectivity index (χ1) is 12.9. The van der Waals surface area contributed by atoms with Gasteiger partial charge in [-0.2, -0.15) is 0 Å². The van der Waals surface area contributed by atoms with Gasteiger partial charge in [-0.3, -0.25) is 19.8 Å². The molecular weight excluding hydrogens is 358 g/mol. The number of thiocarbonyl (C=S) groups is 1. The number of nitrogens with one attached hydrogen (secondary N) is 1. The summed E-state index contributed by atoms with van der Waals surface area (Å²) >= 11 is 5.30. The van der Waals surface area contributed by atoms with Crippen molar-refractivity contribution in [3.05, 3.63) is 58.4 Å². The van der Waals surface area contributed by atoms with Crippen LogP contribution in [0, 0.1) is 13.8 Å². The average molecular weight is 382 g/mol. The quantitative estimate of drug-likeness (QED) is 0.501. The zero-order valence-electron chi connectivity index (χ0n) is 16.0. The molecule has 0 unspecified atom stereocenters. The molecule has 1 fully saturated rings. The highest BCUT2D eigenvalue weighted by Crippen LogP contribution is 2.27. The molecule has 140 valence electrons. The number of para-hydroxylation sites is 1. The maximum atomic E-state index is 13.2. The fraction of sp³-hybridized carbons (Fsp3) is 0.286. The zero-order valence-corrected chi connectivity index (χ0v) is 16.8. The van der Waals surface area contributed by atoms with Crippen LogP contribution in [0.4, 0.5) is 5.69 Å². The normalized spacial score (nSPS) is 16.2. The molecule has 1 aliphatic heterocycles. The highest BCUT2D eigenvalue weighted by molar-refractivity contribution is 7.80. The lowest BCUT2D eigenvalue weighted by molar-refractivity contribution is -0.122. The summed E-state index contributed by atoms with van der Waals surface area (Å²) in [5.41, 5.74) is 4.77. The molecule has 2 aromatic rings. The molecule has 0 atom stereocenters. The van der Waals surface area contributed by atoms with Crippen LogP contribution in [0.3, 0.4) is 0 Å². The van der Waals surface area contributed by atoms with E-state index in [2.05, 4.69) is 16.8 Å². The molecule has 0 spiro atoms. The van der Waals surface area contributed by atoms with Gasteiger partial charge < -0.3 is 4.57 Å². The Kier molecular flexibility index (Phi) is 5.28. The van der Waals surface area contributed by atoms with Crippen LogP contribution >= 0.6 is 12.2 Å². The SMILES string of the molecule is CCc1ccccc1N1C(=O)/C(=C/c2cc(C)n(CC)c2C)C(=O)NC1=S. The van der Waals surface area contributed by atoms with Crippen LogP contribution in [0.1, 0.15) is 36.4 Å². The van der Waals surface area contributed by atoms with Crippen molar-refractivity contribution in [3.8, 4) is 0 Å². The monoisotopic (exact) mass is 381 g/mol. The Balaban J connectivity index is 2.08. The average Bonchev–Trinajstić information content (AvgIpc) is 2.91.